The van der Waals surface area contributed by atoms with E-state index in [1.165, 1.54) is 36.4 Å². The van der Waals surface area contributed by atoms with Crippen molar-refractivity contribution in [2.45, 2.75) is 11.8 Å². The number of allylic oxidation sites excluding steroid dienone is 1. The van der Waals surface area contributed by atoms with Crippen molar-refractivity contribution in [3.05, 3.63) is 91.4 Å². The largest absolute Gasteiger partial charge is 0.376 e. The smallest absolute Gasteiger partial charge is 0.339 e. The first kappa shape index (κ1) is 23.5. The molecule has 0 aromatic heterocycles. The van der Waals surface area contributed by atoms with E-state index in [2.05, 4.69) is 6.07 Å². The fourth-order valence-electron chi connectivity index (χ4n) is 2.65. The molecule has 0 unspecified atom stereocenters. The number of aryl methyl sites for hydroxylation is 1. The molecule has 0 fully saturated rings. The van der Waals surface area contributed by atoms with Crippen molar-refractivity contribution in [3.63, 3.8) is 0 Å². The Morgan fingerprint density at radius 2 is 1.55 bits per heavy atom. The number of halogens is 4. The lowest BCUT2D eigenvalue weighted by Gasteiger charge is -2.11. The van der Waals surface area contributed by atoms with Crippen LogP contribution in [-0.2, 0) is 10.1 Å². The summed E-state index contributed by atoms with van der Waals surface area (Å²) in [6.45, 7) is 1.84. The number of nitrogens with zero attached hydrogens (tertiary/aromatic N) is 1. The fourth-order valence-corrected chi connectivity index (χ4v) is 4.80. The minimum absolute atomic E-state index is 0.0293. The topological polar surface area (TPSA) is 67.2 Å². The van der Waals surface area contributed by atoms with E-state index in [9.17, 15) is 13.7 Å². The van der Waals surface area contributed by atoms with Crippen molar-refractivity contribution in [1.29, 1.82) is 5.26 Å². The highest BCUT2D eigenvalue weighted by Crippen LogP contribution is 2.37. The van der Waals surface area contributed by atoms with Gasteiger partial charge in [0.05, 0.1) is 26.7 Å². The second kappa shape index (κ2) is 9.52. The van der Waals surface area contributed by atoms with Crippen molar-refractivity contribution in [2.24, 2.45) is 0 Å². The SMILES string of the molecule is Cc1ccc(S(=O)(=O)Oc2c(Cl)cc(/C=C(\C#N)c3ccc(Cl)cc3Cl)cc2Cl)cc1. The number of nitriles is 1. The van der Waals surface area contributed by atoms with E-state index < -0.39 is 10.1 Å². The Labute approximate surface area is 200 Å². The Morgan fingerprint density at radius 1 is 0.935 bits per heavy atom. The van der Waals surface area contributed by atoms with Gasteiger partial charge in [-0.2, -0.15) is 13.7 Å². The molecule has 31 heavy (non-hydrogen) atoms. The van der Waals surface area contributed by atoms with Gasteiger partial charge in [-0.1, -0.05) is 70.2 Å². The number of hydrogen-bond acceptors (Lipinski definition) is 4. The molecule has 3 aromatic carbocycles. The number of hydrogen-bond donors (Lipinski definition) is 0. The minimum Gasteiger partial charge on any atom is -0.376 e. The Hall–Kier alpha value is -2.20. The molecule has 4 nitrogen and oxygen atoms in total. The van der Waals surface area contributed by atoms with Gasteiger partial charge in [-0.3, -0.25) is 0 Å². The van der Waals surface area contributed by atoms with Gasteiger partial charge >= 0.3 is 10.1 Å². The van der Waals surface area contributed by atoms with Crippen LogP contribution in [0.15, 0.2) is 59.5 Å². The van der Waals surface area contributed by atoms with Crippen LogP contribution in [-0.4, -0.2) is 8.42 Å². The normalized spacial score (nSPS) is 11.8. The molecule has 0 heterocycles. The molecule has 3 aromatic rings. The lowest BCUT2D eigenvalue weighted by atomic mass is 10.0. The van der Waals surface area contributed by atoms with E-state index in [0.717, 1.165) is 5.56 Å². The molecule has 0 atom stereocenters. The summed E-state index contributed by atoms with van der Waals surface area (Å²) in [5.74, 6) is -0.205. The van der Waals surface area contributed by atoms with Gasteiger partial charge in [0.1, 0.15) is 4.90 Å². The predicted octanol–water partition coefficient (Wildman–Crippen LogP) is 7.44. The van der Waals surface area contributed by atoms with E-state index in [1.54, 1.807) is 24.3 Å². The molecule has 0 amide bonds. The summed E-state index contributed by atoms with van der Waals surface area (Å²) in [7, 11) is -4.13. The van der Waals surface area contributed by atoms with Gasteiger partial charge in [0.15, 0.2) is 5.75 Å². The first-order valence-corrected chi connectivity index (χ1v) is 11.6. The fraction of sp³-hybridized carbons (Fsp3) is 0.0455. The molecular weight excluding hydrogens is 500 g/mol. The minimum atomic E-state index is -4.13. The first-order chi connectivity index (χ1) is 14.6. The van der Waals surface area contributed by atoms with Crippen LogP contribution in [0.25, 0.3) is 11.6 Å². The van der Waals surface area contributed by atoms with E-state index in [1.807, 2.05) is 6.92 Å². The maximum Gasteiger partial charge on any atom is 0.339 e. The molecule has 9 heteroatoms. The van der Waals surface area contributed by atoms with Crippen molar-refractivity contribution < 1.29 is 12.6 Å². The van der Waals surface area contributed by atoms with Crippen LogP contribution < -0.4 is 4.18 Å². The highest BCUT2D eigenvalue weighted by molar-refractivity contribution is 7.87. The molecule has 0 radical (unpaired) electrons. The molecular formula is C22H13Cl4NO3S. The molecule has 0 aliphatic heterocycles. The van der Waals surface area contributed by atoms with Crippen LogP contribution in [0.3, 0.4) is 0 Å². The van der Waals surface area contributed by atoms with Gasteiger partial charge in [-0.15, -0.1) is 0 Å². The van der Waals surface area contributed by atoms with Crippen LogP contribution in [0.1, 0.15) is 16.7 Å². The second-order valence-electron chi connectivity index (χ2n) is 6.46. The van der Waals surface area contributed by atoms with Crippen LogP contribution in [0.2, 0.25) is 20.1 Å². The van der Waals surface area contributed by atoms with Crippen LogP contribution >= 0.6 is 46.4 Å². The summed E-state index contributed by atoms with van der Waals surface area (Å²) in [6.07, 6.45) is 1.52. The van der Waals surface area contributed by atoms with Gasteiger partial charge in [-0.05, 0) is 55.0 Å². The molecule has 0 bridgehead atoms. The quantitative estimate of drug-likeness (QED) is 0.202. The van der Waals surface area contributed by atoms with Crippen LogP contribution in [0.4, 0.5) is 0 Å². The molecule has 0 N–H and O–H groups in total. The Morgan fingerprint density at radius 3 is 2.10 bits per heavy atom. The third-order valence-electron chi connectivity index (χ3n) is 4.18. The van der Waals surface area contributed by atoms with Gasteiger partial charge < -0.3 is 4.18 Å². The second-order valence-corrected chi connectivity index (χ2v) is 9.66. The van der Waals surface area contributed by atoms with E-state index in [-0.39, 0.29) is 26.3 Å². The molecule has 0 saturated heterocycles. The maximum atomic E-state index is 12.6. The van der Waals surface area contributed by atoms with Crippen LogP contribution in [0, 0.1) is 18.3 Å². The third kappa shape index (κ3) is 5.54. The number of benzene rings is 3. The zero-order valence-corrected chi connectivity index (χ0v) is 19.7. The highest BCUT2D eigenvalue weighted by Gasteiger charge is 2.21. The lowest BCUT2D eigenvalue weighted by molar-refractivity contribution is 0.486. The summed E-state index contributed by atoms with van der Waals surface area (Å²) in [4.78, 5) is -0.0293. The number of rotatable bonds is 5. The summed E-state index contributed by atoms with van der Waals surface area (Å²) >= 11 is 24.6. The Bertz CT molecular complexity index is 1300. The summed E-state index contributed by atoms with van der Waals surface area (Å²) < 4.78 is 30.3. The Balaban J connectivity index is 1.97. The van der Waals surface area contributed by atoms with Crippen molar-refractivity contribution >= 4 is 68.2 Å². The molecule has 158 valence electrons. The van der Waals surface area contributed by atoms with E-state index >= 15 is 0 Å². The zero-order valence-electron chi connectivity index (χ0n) is 15.9. The average Bonchev–Trinajstić information content (AvgIpc) is 2.70. The molecule has 0 saturated carbocycles. The van der Waals surface area contributed by atoms with Crippen molar-refractivity contribution in [1.82, 2.24) is 0 Å². The molecule has 3 rings (SSSR count). The van der Waals surface area contributed by atoms with Crippen LogP contribution in [0.5, 0.6) is 5.75 Å². The molecule has 0 aliphatic rings. The first-order valence-electron chi connectivity index (χ1n) is 8.68. The van der Waals surface area contributed by atoms with Crippen molar-refractivity contribution in [2.75, 3.05) is 0 Å². The van der Waals surface area contributed by atoms with E-state index in [4.69, 9.17) is 50.6 Å². The third-order valence-corrected chi connectivity index (χ3v) is 6.52. The van der Waals surface area contributed by atoms with Crippen molar-refractivity contribution in [3.8, 4) is 11.8 Å². The average molecular weight is 513 g/mol. The monoisotopic (exact) mass is 511 g/mol. The van der Waals surface area contributed by atoms with Gasteiger partial charge in [-0.25, -0.2) is 0 Å². The van der Waals surface area contributed by atoms with Gasteiger partial charge in [0.2, 0.25) is 0 Å². The maximum absolute atomic E-state index is 12.6. The summed E-state index contributed by atoms with van der Waals surface area (Å²) in [5, 5.41) is 10.2. The lowest BCUT2D eigenvalue weighted by Crippen LogP contribution is -2.10. The predicted molar refractivity (Wildman–Crippen MR) is 125 cm³/mol. The Kier molecular flexibility index (Phi) is 7.20. The molecule has 0 aliphatic carbocycles. The zero-order chi connectivity index (χ0) is 22.8. The summed E-state index contributed by atoms with van der Waals surface area (Å²) in [6, 6.07) is 15.9. The summed E-state index contributed by atoms with van der Waals surface area (Å²) in [5.41, 5.74) is 2.08. The van der Waals surface area contributed by atoms with E-state index in [0.29, 0.717) is 21.2 Å². The highest BCUT2D eigenvalue weighted by atomic mass is 35.5. The van der Waals surface area contributed by atoms with Gasteiger partial charge in [0, 0.05) is 10.6 Å². The standard InChI is InChI=1S/C22H13Cl4NO3S/c1-13-2-5-17(6-3-13)31(28,29)30-22-20(25)9-14(10-21(22)26)8-15(12-27)18-7-4-16(23)11-19(18)24/h2-11H,1H3/b15-8+. The molecule has 0 spiro atoms. The van der Waals surface area contributed by atoms with Gasteiger partial charge in [0.25, 0.3) is 0 Å².